The smallest absolute Gasteiger partial charge is 0.408 e. The average molecular weight is 1540 g/mol. The number of aliphatic hydroxyl groups excluding tert-OH is 3. The Morgan fingerprint density at radius 3 is 1.48 bits per heavy atom. The number of benzene rings is 3. The number of Topliss-reactive ketones (excluding diaryl/α,β-unsaturated/α-hetero) is 4. The highest BCUT2D eigenvalue weighted by molar-refractivity contribution is 6.00. The SMILES string of the molecule is C.CC[C@H](C)C(CC(=O)[C@@H](CCCNC(=O)OCc1ccccc1)NC(=O)[C@@H](CC(=O)[C@@H](NC(=O)[C@@H](NC(=O)[C@H](CC(C)(C)C)NC(=O)[C@@H](CC(C)(C)C)NC(=O)OCc1ccccc1)[C@H](N)c1ccccc1)[C@H](O)C(C)C)CC(C)C)C(=O)N[C@H](C(=O)CCC(=O)N[C@@H](CC(N)=O)C(=O)C[C@@H](CO)C(=O)O)[C@H](C)O. The minimum absolute atomic E-state index is 0. The second kappa shape index (κ2) is 47.5. The first-order valence-electron chi connectivity index (χ1n) is 37.2. The molecule has 30 heteroatoms. The molecule has 0 bridgehead atoms. The number of rotatable bonds is 48. The molecule has 30 nitrogen and oxygen atoms in total. The number of aliphatic hydroxyl groups is 3. The molecule has 3 aromatic rings. The van der Waals surface area contributed by atoms with Gasteiger partial charge in [-0.05, 0) is 84.3 Å². The summed E-state index contributed by atoms with van der Waals surface area (Å²) in [5, 5.41) is 62.7. The van der Waals surface area contributed by atoms with Crippen LogP contribution in [-0.2, 0) is 80.2 Å². The molecule has 1 unspecified atom stereocenters. The van der Waals surface area contributed by atoms with E-state index < -0.39 is 229 Å². The van der Waals surface area contributed by atoms with Crippen LogP contribution in [0.3, 0.4) is 0 Å². The lowest BCUT2D eigenvalue weighted by atomic mass is 9.83. The van der Waals surface area contributed by atoms with Crippen molar-refractivity contribution < 1.29 is 97.0 Å². The first-order valence-corrected chi connectivity index (χ1v) is 37.2. The predicted molar refractivity (Wildman–Crippen MR) is 411 cm³/mol. The first-order chi connectivity index (χ1) is 51.0. The summed E-state index contributed by atoms with van der Waals surface area (Å²) >= 11 is 0. The molecule has 16 N–H and O–H groups in total. The molecule has 0 saturated heterocycles. The third kappa shape index (κ3) is 35.4. The Bertz CT molecular complexity index is 3490. The summed E-state index contributed by atoms with van der Waals surface area (Å²) in [6.07, 6.45) is -8.66. The van der Waals surface area contributed by atoms with Gasteiger partial charge in [-0.2, -0.15) is 0 Å². The molecule has 0 spiro atoms. The quantitative estimate of drug-likeness (QED) is 0.0305. The summed E-state index contributed by atoms with van der Waals surface area (Å²) in [4.78, 5) is 193. The summed E-state index contributed by atoms with van der Waals surface area (Å²) in [6.45, 7) is 21.2. The van der Waals surface area contributed by atoms with Crippen molar-refractivity contribution in [3.63, 3.8) is 0 Å². The van der Waals surface area contributed by atoms with Crippen LogP contribution in [0.5, 0.6) is 0 Å². The maximum atomic E-state index is 15.1. The van der Waals surface area contributed by atoms with E-state index in [9.17, 15) is 73.2 Å². The number of carbonyl (C=O) groups excluding carboxylic acids is 13. The fourth-order valence-electron chi connectivity index (χ4n) is 12.0. The van der Waals surface area contributed by atoms with E-state index in [-0.39, 0.29) is 71.6 Å². The van der Waals surface area contributed by atoms with Gasteiger partial charge >= 0.3 is 18.2 Å². The summed E-state index contributed by atoms with van der Waals surface area (Å²) in [5.41, 5.74) is 12.8. The molecule has 3 aromatic carbocycles. The molecule has 612 valence electrons. The molecule has 110 heavy (non-hydrogen) atoms. The highest BCUT2D eigenvalue weighted by atomic mass is 16.6. The summed E-state index contributed by atoms with van der Waals surface area (Å²) in [5.74, 6) is -16.9. The Labute approximate surface area is 646 Å². The van der Waals surface area contributed by atoms with Gasteiger partial charge in [0.1, 0.15) is 43.4 Å². The highest BCUT2D eigenvalue weighted by Gasteiger charge is 2.42. The van der Waals surface area contributed by atoms with Crippen LogP contribution in [0.1, 0.15) is 197 Å². The van der Waals surface area contributed by atoms with Crippen molar-refractivity contribution >= 4 is 82.6 Å². The van der Waals surface area contributed by atoms with Crippen molar-refractivity contribution in [2.45, 2.75) is 248 Å². The number of carboxylic acids is 1. The number of nitrogens with one attached hydrogen (secondary N) is 8. The van der Waals surface area contributed by atoms with Crippen LogP contribution in [0.15, 0.2) is 91.0 Å². The number of ketones is 4. The zero-order valence-corrected chi connectivity index (χ0v) is 65.2. The Hall–Kier alpha value is -9.52. The number of hydrogen-bond donors (Lipinski definition) is 14. The first kappa shape index (κ1) is 96.6. The van der Waals surface area contributed by atoms with Crippen molar-refractivity contribution in [1.29, 1.82) is 0 Å². The Morgan fingerprint density at radius 1 is 0.509 bits per heavy atom. The molecule has 9 amide bonds. The standard InChI is InChI=1S/C79H118N10O20.CH4/c1-14-47(6)54(71(100)87-66(48(7)91)59(92)32-33-64(97)83-56(39-63(80)96)60(93)37-53(42-90)75(104)105)38-61(94)55(31-24-34-82-76(106)108-43-49-25-18-15-19-26-49)84-70(99)52(35-45(2)3)36-62(95)67(69(98)46(4)5)88-74(103)68(65(81)51-29-22-17-23-30-51)89-73(102)57(40-78(8,9)10)85-72(101)58(41-79(11,12)13)86-77(107)109-44-50-27-20-16-21-28-50;/h15-23,25-30,45-48,52-58,65-69,90-91,98H,14,24,31-44,81H2,1-13H3,(H2,80,96)(H,82,106)(H,83,97)(H,84,99)(H,85,101)(H,86,107)(H,87,100)(H,88,103)(H,89,102)(H,104,105);1H4/t47-,48-,52+,53-,54?,55+,56-,57-,58+,65+,66-,67+,68-,69+;/m0./s1. The van der Waals surface area contributed by atoms with Gasteiger partial charge in [0.05, 0.1) is 49.3 Å². The van der Waals surface area contributed by atoms with Crippen LogP contribution in [-0.4, -0.2) is 171 Å². The van der Waals surface area contributed by atoms with Crippen molar-refractivity contribution in [2.75, 3.05) is 13.2 Å². The number of alkyl carbamates (subject to hydrolysis) is 2. The van der Waals surface area contributed by atoms with Crippen LogP contribution in [0.25, 0.3) is 0 Å². The number of aliphatic carboxylic acids is 1. The number of primary amides is 1. The van der Waals surface area contributed by atoms with E-state index in [0.717, 1.165) is 0 Å². The summed E-state index contributed by atoms with van der Waals surface area (Å²) < 4.78 is 10.8. The van der Waals surface area contributed by atoms with E-state index >= 15 is 14.4 Å². The van der Waals surface area contributed by atoms with Gasteiger partial charge in [0, 0.05) is 50.5 Å². The summed E-state index contributed by atoms with van der Waals surface area (Å²) in [6, 6.07) is 13.9. The Kier molecular flexibility index (Phi) is 41.7. The van der Waals surface area contributed by atoms with E-state index in [1.165, 1.54) is 6.92 Å². The molecule has 0 fully saturated rings. The largest absolute Gasteiger partial charge is 0.481 e. The summed E-state index contributed by atoms with van der Waals surface area (Å²) in [7, 11) is 0. The molecule has 3 rings (SSSR count). The molecule has 0 heterocycles. The minimum Gasteiger partial charge on any atom is -0.481 e. The molecular weight excluding hydrogens is 1420 g/mol. The number of carboxylic acid groups (broad SMARTS) is 1. The van der Waals surface area contributed by atoms with E-state index in [2.05, 4.69) is 42.5 Å². The molecule has 0 aliphatic carbocycles. The molecule has 0 aliphatic heterocycles. The number of amides is 9. The van der Waals surface area contributed by atoms with Crippen LogP contribution in [0, 0.1) is 46.3 Å². The van der Waals surface area contributed by atoms with Crippen LogP contribution >= 0.6 is 0 Å². The van der Waals surface area contributed by atoms with Gasteiger partial charge in [-0.1, -0.05) is 188 Å². The van der Waals surface area contributed by atoms with Gasteiger partial charge in [-0.15, -0.1) is 0 Å². The normalized spacial score (nSPS) is 15.3. The lowest BCUT2D eigenvalue weighted by Gasteiger charge is -2.33. The molecule has 0 aliphatic rings. The van der Waals surface area contributed by atoms with Crippen molar-refractivity contribution in [3.8, 4) is 0 Å². The van der Waals surface area contributed by atoms with Crippen LogP contribution < -0.4 is 54.0 Å². The van der Waals surface area contributed by atoms with E-state index in [1.807, 2.05) is 47.6 Å². The second-order valence-electron chi connectivity index (χ2n) is 31.2. The topological polar surface area (TPSA) is 487 Å². The van der Waals surface area contributed by atoms with Gasteiger partial charge in [-0.3, -0.25) is 57.5 Å². The van der Waals surface area contributed by atoms with Crippen molar-refractivity contribution in [1.82, 2.24) is 42.5 Å². The number of hydrogen-bond acceptors (Lipinski definition) is 20. The van der Waals surface area contributed by atoms with E-state index in [4.69, 9.17) is 20.9 Å². The van der Waals surface area contributed by atoms with Gasteiger partial charge < -0.3 is 83.9 Å². The fourth-order valence-corrected chi connectivity index (χ4v) is 12.0. The van der Waals surface area contributed by atoms with Crippen LogP contribution in [0.4, 0.5) is 9.59 Å². The number of nitrogens with two attached hydrogens (primary N) is 2. The lowest BCUT2D eigenvalue weighted by Crippen LogP contribution is -2.62. The molecule has 0 aromatic heterocycles. The van der Waals surface area contributed by atoms with Crippen molar-refractivity contribution in [2.24, 2.45) is 57.8 Å². The van der Waals surface area contributed by atoms with Gasteiger partial charge in [-0.25, -0.2) is 9.59 Å². The monoisotopic (exact) mass is 1540 g/mol. The Balaban J connectivity index is 0.0000411. The maximum Gasteiger partial charge on any atom is 0.408 e. The van der Waals surface area contributed by atoms with Gasteiger partial charge in [0.25, 0.3) is 0 Å². The van der Waals surface area contributed by atoms with E-state index in [1.54, 1.807) is 126 Å². The third-order valence-corrected chi connectivity index (χ3v) is 18.3. The zero-order chi connectivity index (χ0) is 82.0. The minimum atomic E-state index is -1.77. The molecule has 0 saturated carbocycles. The predicted octanol–water partition coefficient (Wildman–Crippen LogP) is 5.62. The highest BCUT2D eigenvalue weighted by Crippen LogP contribution is 2.28. The van der Waals surface area contributed by atoms with E-state index in [0.29, 0.717) is 16.7 Å². The van der Waals surface area contributed by atoms with Gasteiger partial charge in [0.2, 0.25) is 41.4 Å². The maximum absolute atomic E-state index is 15.1. The number of ether oxygens (including phenoxy) is 2. The van der Waals surface area contributed by atoms with Gasteiger partial charge in [0.15, 0.2) is 23.1 Å². The second-order valence-corrected chi connectivity index (χ2v) is 31.2. The average Bonchev–Trinajstić information content (AvgIpc) is 0.829. The third-order valence-electron chi connectivity index (χ3n) is 18.3. The zero-order valence-electron chi connectivity index (χ0n) is 65.2. The van der Waals surface area contributed by atoms with Crippen molar-refractivity contribution in [3.05, 3.63) is 108 Å². The molecular formula is C80H122N10O20. The fraction of sp³-hybridized carbons (Fsp3) is 0.600. The Morgan fingerprint density at radius 2 is 0.991 bits per heavy atom. The molecule has 14 atom stereocenters. The number of carbonyl (C=O) groups is 14. The lowest BCUT2D eigenvalue weighted by molar-refractivity contribution is -0.145. The molecule has 0 radical (unpaired) electrons. The van der Waals surface area contributed by atoms with Crippen LogP contribution in [0.2, 0.25) is 0 Å².